The smallest absolute Gasteiger partial charge is 0.268 e. The van der Waals surface area contributed by atoms with Gasteiger partial charge in [-0.3, -0.25) is 9.36 Å². The molecule has 0 rings (SSSR count). The molecule has 0 saturated heterocycles. The van der Waals surface area contributed by atoms with E-state index < -0.39 is 20.0 Å². The summed E-state index contributed by atoms with van der Waals surface area (Å²) in [5.74, 6) is -0.192. The van der Waals surface area contributed by atoms with Crippen LogP contribution in [0, 0.1) is 0 Å². The topological polar surface area (TPSA) is 108 Å². The van der Waals surface area contributed by atoms with Gasteiger partial charge in [0.05, 0.1) is 39.9 Å². The number of unbranched alkanes of at least 4 members (excludes halogenated alkanes) is 45. The minimum absolute atomic E-state index is 0.000369. The van der Waals surface area contributed by atoms with Gasteiger partial charge in [0.25, 0.3) is 7.82 Å². The molecule has 2 N–H and O–H groups in total. The second-order valence-corrected chi connectivity index (χ2v) is 25.6. The first-order valence-electron chi connectivity index (χ1n) is 33.4. The van der Waals surface area contributed by atoms with Gasteiger partial charge in [0, 0.05) is 6.42 Å². The normalized spacial score (nSPS) is 13.9. The van der Waals surface area contributed by atoms with Crippen molar-refractivity contribution in [2.45, 2.75) is 347 Å². The van der Waals surface area contributed by atoms with Gasteiger partial charge in [0.2, 0.25) is 5.91 Å². The Kier molecular flexibility index (Phi) is 57.4. The van der Waals surface area contributed by atoms with Gasteiger partial charge in [0.1, 0.15) is 13.2 Å². The molecule has 0 radical (unpaired) electrons. The fourth-order valence-corrected chi connectivity index (χ4v) is 10.9. The number of hydrogen-bond acceptors (Lipinski definition) is 6. The third-order valence-corrected chi connectivity index (χ3v) is 16.3. The lowest BCUT2D eigenvalue weighted by Gasteiger charge is -2.29. The highest BCUT2D eigenvalue weighted by molar-refractivity contribution is 7.45. The van der Waals surface area contributed by atoms with Crippen LogP contribution in [0.1, 0.15) is 335 Å². The summed E-state index contributed by atoms with van der Waals surface area (Å²) < 4.78 is 23.4. The molecule has 0 aromatic carbocycles. The number of likely N-dealkylation sites (N-methyl/N-ethyl adjacent to an activating group) is 1. The molecule has 0 heterocycles. The van der Waals surface area contributed by atoms with Gasteiger partial charge in [-0.05, 0) is 51.4 Å². The summed E-state index contributed by atoms with van der Waals surface area (Å²) in [6, 6.07) is -0.887. The Morgan fingerprint density at radius 3 is 1.09 bits per heavy atom. The molecule has 0 aliphatic rings. The number of hydrogen-bond donors (Lipinski definition) is 2. The molecular weight excluding hydrogens is 960 g/mol. The average Bonchev–Trinajstić information content (AvgIpc) is 3.38. The van der Waals surface area contributed by atoms with Gasteiger partial charge in [0.15, 0.2) is 0 Å². The van der Waals surface area contributed by atoms with Gasteiger partial charge in [-0.1, -0.05) is 314 Å². The van der Waals surface area contributed by atoms with Crippen LogP contribution < -0.4 is 10.2 Å². The summed E-state index contributed by atoms with van der Waals surface area (Å²) in [6.45, 7) is 4.70. The van der Waals surface area contributed by atoms with Crippen molar-refractivity contribution in [1.29, 1.82) is 0 Å². The predicted molar refractivity (Wildman–Crippen MR) is 330 cm³/mol. The summed E-state index contributed by atoms with van der Waals surface area (Å²) >= 11 is 0. The lowest BCUT2D eigenvalue weighted by molar-refractivity contribution is -0.870. The number of phosphoric acid groups is 1. The summed E-state index contributed by atoms with van der Waals surface area (Å²) in [5.41, 5.74) is 0. The zero-order valence-electron chi connectivity index (χ0n) is 51.5. The maximum absolute atomic E-state index is 13.0. The van der Waals surface area contributed by atoms with E-state index in [2.05, 4.69) is 43.5 Å². The van der Waals surface area contributed by atoms with E-state index in [1.807, 2.05) is 27.2 Å². The lowest BCUT2D eigenvalue weighted by atomic mass is 10.0. The van der Waals surface area contributed by atoms with E-state index in [1.165, 1.54) is 270 Å². The molecule has 450 valence electrons. The fourth-order valence-electron chi connectivity index (χ4n) is 10.1. The van der Waals surface area contributed by atoms with Crippen molar-refractivity contribution < 1.29 is 32.9 Å². The van der Waals surface area contributed by atoms with Crippen molar-refractivity contribution in [2.24, 2.45) is 0 Å². The Morgan fingerprint density at radius 1 is 0.461 bits per heavy atom. The van der Waals surface area contributed by atoms with Crippen LogP contribution in [-0.4, -0.2) is 68.5 Å². The molecule has 0 bridgehead atoms. The number of allylic oxidation sites excluding steroid dienone is 5. The first-order valence-corrected chi connectivity index (χ1v) is 34.8. The van der Waals surface area contributed by atoms with Crippen LogP contribution in [-0.2, 0) is 18.4 Å². The first-order chi connectivity index (χ1) is 37.0. The number of nitrogens with one attached hydrogen (secondary N) is 1. The summed E-state index contributed by atoms with van der Waals surface area (Å²) in [5, 5.41) is 13.9. The van der Waals surface area contributed by atoms with E-state index in [1.54, 1.807) is 6.08 Å². The minimum atomic E-state index is -4.60. The van der Waals surface area contributed by atoms with Crippen molar-refractivity contribution in [3.05, 3.63) is 36.5 Å². The molecule has 3 unspecified atom stereocenters. The van der Waals surface area contributed by atoms with Gasteiger partial charge in [-0.2, -0.15) is 0 Å². The van der Waals surface area contributed by atoms with E-state index in [4.69, 9.17) is 9.05 Å². The maximum atomic E-state index is 13.0. The van der Waals surface area contributed by atoms with Crippen molar-refractivity contribution in [3.8, 4) is 0 Å². The van der Waals surface area contributed by atoms with Crippen LogP contribution in [0.2, 0.25) is 0 Å². The summed E-state index contributed by atoms with van der Waals surface area (Å²) in [7, 11) is 1.27. The summed E-state index contributed by atoms with van der Waals surface area (Å²) in [4.78, 5) is 25.6. The highest BCUT2D eigenvalue weighted by Gasteiger charge is 2.23. The minimum Gasteiger partial charge on any atom is -0.756 e. The Labute approximate surface area is 474 Å². The van der Waals surface area contributed by atoms with Crippen molar-refractivity contribution in [2.75, 3.05) is 40.9 Å². The Morgan fingerprint density at radius 2 is 0.763 bits per heavy atom. The fraction of sp³-hybridized carbons (Fsp3) is 0.896. The number of carbonyl (C=O) groups excluding carboxylic acids is 1. The number of aliphatic hydroxyl groups is 1. The monoisotopic (exact) mass is 1090 g/mol. The summed E-state index contributed by atoms with van der Waals surface area (Å²) in [6.07, 6.45) is 76.8. The Hall–Kier alpha value is -1.28. The highest BCUT2D eigenvalue weighted by Crippen LogP contribution is 2.38. The number of aliphatic hydroxyl groups excluding tert-OH is 1. The molecule has 76 heavy (non-hydrogen) atoms. The number of nitrogens with zero attached hydrogens (tertiary/aromatic N) is 1. The molecule has 0 aromatic heterocycles. The van der Waals surface area contributed by atoms with Crippen LogP contribution in [0.25, 0.3) is 0 Å². The zero-order chi connectivity index (χ0) is 55.6. The van der Waals surface area contributed by atoms with Crippen molar-refractivity contribution in [1.82, 2.24) is 5.32 Å². The van der Waals surface area contributed by atoms with Gasteiger partial charge in [-0.15, -0.1) is 0 Å². The van der Waals surface area contributed by atoms with E-state index >= 15 is 0 Å². The van der Waals surface area contributed by atoms with E-state index in [0.29, 0.717) is 17.4 Å². The molecule has 0 aromatic rings. The highest BCUT2D eigenvalue weighted by atomic mass is 31.2. The van der Waals surface area contributed by atoms with Crippen LogP contribution in [0.3, 0.4) is 0 Å². The zero-order valence-corrected chi connectivity index (χ0v) is 52.4. The maximum Gasteiger partial charge on any atom is 0.268 e. The second-order valence-electron chi connectivity index (χ2n) is 24.2. The predicted octanol–water partition coefficient (Wildman–Crippen LogP) is 20.3. The first kappa shape index (κ1) is 74.7. The molecule has 0 spiro atoms. The molecule has 8 nitrogen and oxygen atoms in total. The van der Waals surface area contributed by atoms with Gasteiger partial charge in [-0.25, -0.2) is 0 Å². The van der Waals surface area contributed by atoms with Crippen LogP contribution in [0.4, 0.5) is 0 Å². The number of phosphoric ester groups is 1. The molecule has 0 fully saturated rings. The van der Waals surface area contributed by atoms with Crippen molar-refractivity contribution in [3.63, 3.8) is 0 Å². The molecule has 9 heteroatoms. The molecule has 1 amide bonds. The molecule has 0 aliphatic heterocycles. The Bertz CT molecular complexity index is 1330. The van der Waals surface area contributed by atoms with E-state index in [9.17, 15) is 19.4 Å². The standard InChI is InChI=1S/C67H131N2O6P/c1-6-8-10-12-14-16-18-20-22-24-26-28-30-31-32-33-34-35-36-37-39-41-43-45-47-49-51-53-55-57-59-61-67(71)68-65(64-75-76(72,73)74-63-62-69(3,4)5)66(70)60-58-56-54-52-50-48-46-44-42-40-38-29-27-25-23-21-19-17-15-13-11-9-7-2/h26,28,31-32,58,60,65-66,70H,6-25,27,29-30,33-57,59,61-64H2,1-5H3,(H-,68,71,72,73)/b28-26-,32-31-,60-58+. The quantitative estimate of drug-likeness (QED) is 0.0272. The van der Waals surface area contributed by atoms with Crippen molar-refractivity contribution >= 4 is 13.7 Å². The number of amides is 1. The third kappa shape index (κ3) is 60.4. The lowest BCUT2D eigenvalue weighted by Crippen LogP contribution is -2.45. The van der Waals surface area contributed by atoms with Crippen LogP contribution >= 0.6 is 7.82 Å². The van der Waals surface area contributed by atoms with Gasteiger partial charge >= 0.3 is 0 Å². The largest absolute Gasteiger partial charge is 0.756 e. The van der Waals surface area contributed by atoms with Crippen LogP contribution in [0.5, 0.6) is 0 Å². The number of quaternary nitrogens is 1. The molecular formula is C67H131N2O6P. The van der Waals surface area contributed by atoms with Gasteiger partial charge < -0.3 is 28.8 Å². The van der Waals surface area contributed by atoms with E-state index in [-0.39, 0.29) is 19.1 Å². The molecule has 0 saturated carbocycles. The second kappa shape index (κ2) is 58.4. The number of carbonyl (C=O) groups is 1. The molecule has 3 atom stereocenters. The Balaban J connectivity index is 4.08. The average molecular weight is 1090 g/mol. The molecule has 0 aliphatic carbocycles. The number of rotatable bonds is 62. The SMILES string of the molecule is CCCCCCCCCCC/C=C\C/C=C\CCCCCCCCCCCCCCCCCC(=O)NC(COP(=O)([O-])OCC[N+](C)(C)C)C(O)/C=C/CCCCCCCCCCCCCCCCCCCCCCC. The van der Waals surface area contributed by atoms with E-state index in [0.717, 1.165) is 44.9 Å². The van der Waals surface area contributed by atoms with Crippen LogP contribution in [0.15, 0.2) is 36.5 Å². The third-order valence-electron chi connectivity index (χ3n) is 15.3.